The molecule has 0 fully saturated rings. The molecule has 0 N–H and O–H groups in total. The topological polar surface area (TPSA) is 0 Å². The molecule has 0 heterocycles. The molecule has 0 unspecified atom stereocenters. The van der Waals surface area contributed by atoms with Crippen LogP contribution >= 0.6 is 0 Å². The van der Waals surface area contributed by atoms with Crippen LogP contribution in [0.15, 0.2) is 12.2 Å². The van der Waals surface area contributed by atoms with Crippen LogP contribution in [-0.2, 0) is 0 Å². The van der Waals surface area contributed by atoms with E-state index in [2.05, 4.69) is 13.8 Å². The third-order valence-corrected chi connectivity index (χ3v) is 0.833. The van der Waals surface area contributed by atoms with Crippen molar-refractivity contribution in [1.82, 2.24) is 0 Å². The average Bonchev–Trinajstić information content (AvgIpc) is 2.36. The zero-order valence-electron chi connectivity index (χ0n) is 12.6. The minimum Gasteiger partial charge on any atom is -0.0919 e. The first-order chi connectivity index (χ1) is 6.83. The minimum atomic E-state index is 1.32. The van der Waals surface area contributed by atoms with Crippen molar-refractivity contribution in [3.05, 3.63) is 12.2 Å². The van der Waals surface area contributed by atoms with Gasteiger partial charge in [-0.1, -0.05) is 80.4 Å². The Morgan fingerprint density at radius 3 is 0.714 bits per heavy atom. The van der Waals surface area contributed by atoms with Gasteiger partial charge in [0.15, 0.2) is 0 Å². The Bertz CT molecular complexity index is 29.3. The second-order valence-corrected chi connectivity index (χ2v) is 1.67. The normalized spacial score (nSPS) is 6.14. The molecule has 0 aromatic heterocycles. The zero-order chi connectivity index (χ0) is 12.8. The van der Waals surface area contributed by atoms with Crippen molar-refractivity contribution in [3.63, 3.8) is 0 Å². The van der Waals surface area contributed by atoms with Gasteiger partial charge in [0, 0.05) is 0 Å². The highest BCUT2D eigenvalue weighted by Crippen LogP contribution is 1.76. The van der Waals surface area contributed by atoms with Gasteiger partial charge in [0.05, 0.1) is 0 Å². The first kappa shape index (κ1) is 29.2. The minimum absolute atomic E-state index is 1.32. The molecule has 0 rings (SSSR count). The second kappa shape index (κ2) is 126. The van der Waals surface area contributed by atoms with E-state index < -0.39 is 0 Å². The van der Waals surface area contributed by atoms with Gasteiger partial charge in [0.1, 0.15) is 0 Å². The molecule has 14 heavy (non-hydrogen) atoms. The van der Waals surface area contributed by atoms with Gasteiger partial charge in [-0.05, 0) is 13.8 Å². The molecule has 0 aromatic rings. The maximum absolute atomic E-state index is 2.18. The summed E-state index contributed by atoms with van der Waals surface area (Å²) in [7, 11) is 0. The van der Waals surface area contributed by atoms with Gasteiger partial charge in [0.2, 0.25) is 0 Å². The van der Waals surface area contributed by atoms with Crippen LogP contribution in [0.1, 0.15) is 82.1 Å². The Morgan fingerprint density at radius 1 is 0.571 bits per heavy atom. The molecule has 0 aliphatic rings. The molecule has 0 bridgehead atoms. The SMILES string of the molecule is C/C=C\C.CC.CC.CC.CCCC. The monoisotopic (exact) mass is 204 g/mol. The number of allylic oxidation sites excluding steroid dienone is 2. The van der Waals surface area contributed by atoms with Crippen LogP contribution in [0.3, 0.4) is 0 Å². The fourth-order valence-corrected chi connectivity index (χ4v) is 0. The van der Waals surface area contributed by atoms with Crippen molar-refractivity contribution >= 4 is 0 Å². The van der Waals surface area contributed by atoms with E-state index >= 15 is 0 Å². The fourth-order valence-electron chi connectivity index (χ4n) is 0. The van der Waals surface area contributed by atoms with Gasteiger partial charge in [-0.25, -0.2) is 0 Å². The Labute approximate surface area is 94.8 Å². The lowest BCUT2D eigenvalue weighted by molar-refractivity contribution is 0.886. The van der Waals surface area contributed by atoms with Crippen LogP contribution < -0.4 is 0 Å². The van der Waals surface area contributed by atoms with Crippen LogP contribution in [0.25, 0.3) is 0 Å². The molecule has 0 saturated heterocycles. The highest BCUT2D eigenvalue weighted by molar-refractivity contribution is 4.68. The van der Waals surface area contributed by atoms with Crippen molar-refractivity contribution in [3.8, 4) is 0 Å². The number of unbranched alkanes of at least 4 members (excludes halogenated alkanes) is 1. The van der Waals surface area contributed by atoms with E-state index in [0.29, 0.717) is 0 Å². The average molecular weight is 204 g/mol. The molecule has 0 aromatic carbocycles. The first-order valence-corrected chi connectivity index (χ1v) is 6.40. The van der Waals surface area contributed by atoms with Crippen molar-refractivity contribution in [1.29, 1.82) is 0 Å². The molecule has 0 heteroatoms. The second-order valence-electron chi connectivity index (χ2n) is 1.67. The lowest BCUT2D eigenvalue weighted by atomic mass is 10.4. The van der Waals surface area contributed by atoms with E-state index in [1.54, 1.807) is 0 Å². The highest BCUT2D eigenvalue weighted by atomic mass is 13.6. The number of hydrogen-bond donors (Lipinski definition) is 0. The predicted molar refractivity (Wildman–Crippen MR) is 75.1 cm³/mol. The van der Waals surface area contributed by atoms with Crippen LogP contribution in [0.4, 0.5) is 0 Å². The quantitative estimate of drug-likeness (QED) is 0.429. The Kier molecular flexibility index (Phi) is 262. The summed E-state index contributed by atoms with van der Waals surface area (Å²) in [4.78, 5) is 0. The van der Waals surface area contributed by atoms with Crippen molar-refractivity contribution < 1.29 is 0 Å². The van der Waals surface area contributed by atoms with Crippen LogP contribution in [-0.4, -0.2) is 0 Å². The number of hydrogen-bond acceptors (Lipinski definition) is 0. The van der Waals surface area contributed by atoms with Gasteiger partial charge < -0.3 is 0 Å². The Morgan fingerprint density at radius 2 is 0.714 bits per heavy atom. The highest BCUT2D eigenvalue weighted by Gasteiger charge is 1.56. The summed E-state index contributed by atoms with van der Waals surface area (Å²) in [6.45, 7) is 20.4. The maximum atomic E-state index is 2.18. The summed E-state index contributed by atoms with van der Waals surface area (Å²) < 4.78 is 0. The van der Waals surface area contributed by atoms with Crippen molar-refractivity contribution in [2.45, 2.75) is 82.1 Å². The Hall–Kier alpha value is -0.260. The lowest BCUT2D eigenvalue weighted by Gasteiger charge is -1.68. The van der Waals surface area contributed by atoms with Crippen LogP contribution in [0.5, 0.6) is 0 Å². The van der Waals surface area contributed by atoms with E-state index in [4.69, 9.17) is 0 Å². The predicted octanol–water partition coefficient (Wildman–Crippen LogP) is 6.47. The summed E-state index contributed by atoms with van der Waals surface area (Å²) in [6, 6.07) is 0. The van der Waals surface area contributed by atoms with E-state index in [1.807, 2.05) is 67.5 Å². The summed E-state index contributed by atoms with van der Waals surface area (Å²) in [6.07, 6.45) is 6.64. The maximum Gasteiger partial charge on any atom is -0.0470 e. The third-order valence-electron chi connectivity index (χ3n) is 0.833. The number of rotatable bonds is 1. The fraction of sp³-hybridized carbons (Fsp3) is 0.857. The molecule has 0 nitrogen and oxygen atoms in total. The zero-order valence-corrected chi connectivity index (χ0v) is 12.6. The molecule has 0 spiro atoms. The summed E-state index contributed by atoms with van der Waals surface area (Å²) in [5.74, 6) is 0. The van der Waals surface area contributed by atoms with Gasteiger partial charge in [-0.2, -0.15) is 0 Å². The molecule has 92 valence electrons. The summed E-state index contributed by atoms with van der Waals surface area (Å²) in [5.41, 5.74) is 0. The van der Waals surface area contributed by atoms with Gasteiger partial charge in [0.25, 0.3) is 0 Å². The van der Waals surface area contributed by atoms with Gasteiger partial charge in [-0.3, -0.25) is 0 Å². The molecule has 0 aliphatic carbocycles. The van der Waals surface area contributed by atoms with Gasteiger partial charge >= 0.3 is 0 Å². The van der Waals surface area contributed by atoms with Crippen LogP contribution in [0, 0.1) is 0 Å². The molecule has 0 saturated carbocycles. The van der Waals surface area contributed by atoms with E-state index in [0.717, 1.165) is 0 Å². The molecule has 0 amide bonds. The van der Waals surface area contributed by atoms with Crippen LogP contribution in [0.2, 0.25) is 0 Å². The molecular formula is C14H36. The smallest absolute Gasteiger partial charge is 0.0470 e. The van der Waals surface area contributed by atoms with Crippen molar-refractivity contribution in [2.24, 2.45) is 0 Å². The van der Waals surface area contributed by atoms with Crippen molar-refractivity contribution in [2.75, 3.05) is 0 Å². The summed E-state index contributed by atoms with van der Waals surface area (Å²) in [5, 5.41) is 0. The molecule has 0 atom stereocenters. The molecular weight excluding hydrogens is 168 g/mol. The van der Waals surface area contributed by atoms with E-state index in [-0.39, 0.29) is 0 Å². The standard InChI is InChI=1S/C4H10.C4H8.3C2H6/c2*1-3-4-2;3*1-2/h3-4H2,1-2H3;3-4H,1-2H3;3*1-2H3/b;4-3-;;;. The van der Waals surface area contributed by atoms with E-state index in [9.17, 15) is 0 Å². The largest absolute Gasteiger partial charge is 0.0919 e. The first-order valence-electron chi connectivity index (χ1n) is 6.40. The van der Waals surface area contributed by atoms with Gasteiger partial charge in [-0.15, -0.1) is 0 Å². The van der Waals surface area contributed by atoms with E-state index in [1.165, 1.54) is 12.8 Å². The Balaban J connectivity index is -0.0000000255. The third kappa shape index (κ3) is 447. The lowest BCUT2D eigenvalue weighted by Crippen LogP contribution is -1.47. The molecule has 0 radical (unpaired) electrons. The summed E-state index contributed by atoms with van der Waals surface area (Å²) >= 11 is 0. The molecule has 0 aliphatic heterocycles.